The molecule has 1 atom stereocenters. The molecule has 160 valence electrons. The standard InChI is InChI=1S/C25H29N5O/c1-25(15-18-9-4-2-5-10-18)14-7-3-6-11-19-12-8-13-22(26-19)27-23-20-16-30(24(25)31)17-21(20)28-29-23/h2,4-5,8-10,12-13H,3,6-7,11,14-17H2,1H3,(H2,26,27,28,29). The van der Waals surface area contributed by atoms with E-state index in [4.69, 9.17) is 4.98 Å². The lowest BCUT2D eigenvalue weighted by atomic mass is 9.77. The van der Waals surface area contributed by atoms with Crippen LogP contribution in [0.4, 0.5) is 11.6 Å². The summed E-state index contributed by atoms with van der Waals surface area (Å²) in [5.74, 6) is 1.82. The summed E-state index contributed by atoms with van der Waals surface area (Å²) in [6.07, 6.45) is 5.82. The van der Waals surface area contributed by atoms with Gasteiger partial charge in [-0.1, -0.05) is 56.2 Å². The monoisotopic (exact) mass is 415 g/mol. The van der Waals surface area contributed by atoms with Crippen LogP contribution in [0, 0.1) is 5.41 Å². The van der Waals surface area contributed by atoms with Gasteiger partial charge in [-0.05, 0) is 43.4 Å². The SMILES string of the molecule is CC1(Cc2ccccc2)CCCCCc2cccc(n2)Nc2n[nH]c3c2CN(C3)C1=O. The van der Waals surface area contributed by atoms with Crippen LogP contribution >= 0.6 is 0 Å². The molecule has 4 heterocycles. The number of carbonyl (C=O) groups excluding carboxylic acids is 1. The third kappa shape index (κ3) is 4.07. The van der Waals surface area contributed by atoms with Crippen molar-refractivity contribution in [3.8, 4) is 0 Å². The molecule has 2 aliphatic rings. The fourth-order valence-corrected chi connectivity index (χ4v) is 4.89. The smallest absolute Gasteiger partial charge is 0.229 e. The Hall–Kier alpha value is -3.15. The van der Waals surface area contributed by atoms with Crippen LogP contribution in [-0.4, -0.2) is 26.0 Å². The molecular formula is C25H29N5O. The Morgan fingerprint density at radius 1 is 1.03 bits per heavy atom. The first-order chi connectivity index (χ1) is 15.1. The molecule has 1 aromatic carbocycles. The fraction of sp³-hybridized carbons (Fsp3) is 0.400. The molecule has 1 amide bonds. The number of nitrogens with one attached hydrogen (secondary N) is 2. The number of benzene rings is 1. The highest BCUT2D eigenvalue weighted by molar-refractivity contribution is 5.83. The maximum atomic E-state index is 13.8. The molecular weight excluding hydrogens is 386 g/mol. The lowest BCUT2D eigenvalue weighted by Crippen LogP contribution is -2.41. The van der Waals surface area contributed by atoms with E-state index in [1.165, 1.54) is 5.56 Å². The molecule has 0 aliphatic carbocycles. The zero-order valence-electron chi connectivity index (χ0n) is 18.0. The predicted molar refractivity (Wildman–Crippen MR) is 121 cm³/mol. The number of carbonyl (C=O) groups is 1. The van der Waals surface area contributed by atoms with Crippen molar-refractivity contribution in [2.24, 2.45) is 5.41 Å². The maximum absolute atomic E-state index is 13.8. The Morgan fingerprint density at radius 2 is 1.90 bits per heavy atom. The minimum atomic E-state index is -0.415. The first-order valence-electron chi connectivity index (χ1n) is 11.2. The van der Waals surface area contributed by atoms with E-state index in [0.717, 1.165) is 67.1 Å². The second kappa shape index (κ2) is 8.17. The Balaban J connectivity index is 1.45. The summed E-state index contributed by atoms with van der Waals surface area (Å²) in [5, 5.41) is 10.9. The number of fused-ring (bicyclic) bond motifs is 3. The minimum absolute atomic E-state index is 0.237. The van der Waals surface area contributed by atoms with Crippen molar-refractivity contribution >= 4 is 17.5 Å². The summed E-state index contributed by atoms with van der Waals surface area (Å²) in [7, 11) is 0. The summed E-state index contributed by atoms with van der Waals surface area (Å²) in [4.78, 5) is 20.5. The van der Waals surface area contributed by atoms with Gasteiger partial charge in [0.2, 0.25) is 5.91 Å². The zero-order valence-corrected chi connectivity index (χ0v) is 18.0. The molecule has 0 spiro atoms. The lowest BCUT2D eigenvalue weighted by Gasteiger charge is -2.33. The molecule has 4 bridgehead atoms. The first-order valence-corrected chi connectivity index (χ1v) is 11.2. The first kappa shape index (κ1) is 19.8. The second-order valence-electron chi connectivity index (χ2n) is 9.11. The summed E-state index contributed by atoms with van der Waals surface area (Å²) < 4.78 is 0. The Bertz CT molecular complexity index is 1080. The third-order valence-corrected chi connectivity index (χ3v) is 6.61. The van der Waals surface area contributed by atoms with Gasteiger partial charge in [0.15, 0.2) is 5.82 Å². The van der Waals surface area contributed by atoms with Crippen molar-refractivity contribution in [2.75, 3.05) is 5.32 Å². The molecule has 0 saturated heterocycles. The average Bonchev–Trinajstić information content (AvgIpc) is 3.35. The van der Waals surface area contributed by atoms with E-state index in [1.54, 1.807) is 0 Å². The number of pyridine rings is 1. The third-order valence-electron chi connectivity index (χ3n) is 6.61. The number of aromatic nitrogens is 3. The van der Waals surface area contributed by atoms with Gasteiger partial charge < -0.3 is 10.2 Å². The number of aryl methyl sites for hydroxylation is 1. The Labute approximate surface area is 183 Å². The molecule has 1 unspecified atom stereocenters. The average molecular weight is 416 g/mol. The molecule has 0 fully saturated rings. The van der Waals surface area contributed by atoms with E-state index in [0.29, 0.717) is 13.1 Å². The second-order valence-corrected chi connectivity index (χ2v) is 9.11. The molecule has 0 saturated carbocycles. The molecule has 2 N–H and O–H groups in total. The van der Waals surface area contributed by atoms with E-state index in [-0.39, 0.29) is 5.91 Å². The van der Waals surface area contributed by atoms with Crippen molar-refractivity contribution in [3.05, 3.63) is 71.0 Å². The molecule has 0 radical (unpaired) electrons. The van der Waals surface area contributed by atoms with Gasteiger partial charge in [0, 0.05) is 11.3 Å². The summed E-state index contributed by atoms with van der Waals surface area (Å²) in [5.41, 5.74) is 3.98. The minimum Gasteiger partial charge on any atom is -0.332 e. The molecule has 31 heavy (non-hydrogen) atoms. The topological polar surface area (TPSA) is 73.9 Å². The molecule has 5 rings (SSSR count). The van der Waals surface area contributed by atoms with Gasteiger partial charge in [0.1, 0.15) is 5.82 Å². The van der Waals surface area contributed by atoms with Crippen LogP contribution in [0.3, 0.4) is 0 Å². The van der Waals surface area contributed by atoms with Crippen molar-refractivity contribution in [1.29, 1.82) is 0 Å². The van der Waals surface area contributed by atoms with Crippen molar-refractivity contribution in [3.63, 3.8) is 0 Å². The van der Waals surface area contributed by atoms with Crippen LogP contribution in [0.1, 0.15) is 55.1 Å². The predicted octanol–water partition coefficient (Wildman–Crippen LogP) is 4.76. The number of aromatic amines is 1. The van der Waals surface area contributed by atoms with Gasteiger partial charge in [0.05, 0.1) is 24.2 Å². The zero-order chi connectivity index (χ0) is 21.3. The van der Waals surface area contributed by atoms with Crippen molar-refractivity contribution < 1.29 is 4.79 Å². The maximum Gasteiger partial charge on any atom is 0.229 e. The van der Waals surface area contributed by atoms with Crippen LogP contribution < -0.4 is 5.32 Å². The number of rotatable bonds is 2. The van der Waals surface area contributed by atoms with Gasteiger partial charge in [0.25, 0.3) is 0 Å². The van der Waals surface area contributed by atoms with Crippen LogP contribution in [0.25, 0.3) is 0 Å². The number of nitrogens with zero attached hydrogens (tertiary/aromatic N) is 3. The quantitative estimate of drug-likeness (QED) is 0.633. The van der Waals surface area contributed by atoms with Crippen molar-refractivity contribution in [2.45, 2.75) is 58.5 Å². The molecule has 6 heteroatoms. The van der Waals surface area contributed by atoms with E-state index < -0.39 is 5.41 Å². The molecule has 2 aromatic heterocycles. The van der Waals surface area contributed by atoms with Crippen LogP contribution in [0.15, 0.2) is 48.5 Å². The fourth-order valence-electron chi connectivity index (χ4n) is 4.89. The van der Waals surface area contributed by atoms with Gasteiger partial charge in [-0.2, -0.15) is 5.10 Å². The van der Waals surface area contributed by atoms with Crippen LogP contribution in [0.5, 0.6) is 0 Å². The number of amides is 1. The number of hydrogen-bond donors (Lipinski definition) is 2. The molecule has 6 nitrogen and oxygen atoms in total. The van der Waals surface area contributed by atoms with E-state index in [9.17, 15) is 4.79 Å². The van der Waals surface area contributed by atoms with Gasteiger partial charge in [-0.15, -0.1) is 0 Å². The highest BCUT2D eigenvalue weighted by Crippen LogP contribution is 2.37. The summed E-state index contributed by atoms with van der Waals surface area (Å²) >= 11 is 0. The molecule has 3 aromatic rings. The van der Waals surface area contributed by atoms with Crippen LogP contribution in [0.2, 0.25) is 0 Å². The number of anilines is 2. The Kier molecular flexibility index (Phi) is 5.22. The van der Waals surface area contributed by atoms with E-state index in [1.807, 2.05) is 23.1 Å². The van der Waals surface area contributed by atoms with E-state index in [2.05, 4.69) is 52.8 Å². The molecule has 2 aliphatic heterocycles. The van der Waals surface area contributed by atoms with Crippen LogP contribution in [-0.2, 0) is 30.7 Å². The highest BCUT2D eigenvalue weighted by atomic mass is 16.2. The summed E-state index contributed by atoms with van der Waals surface area (Å²) in [6.45, 7) is 3.31. The Morgan fingerprint density at radius 3 is 2.77 bits per heavy atom. The lowest BCUT2D eigenvalue weighted by molar-refractivity contribution is -0.142. The van der Waals surface area contributed by atoms with Crippen molar-refractivity contribution in [1.82, 2.24) is 20.1 Å². The number of H-pyrrole nitrogens is 1. The van der Waals surface area contributed by atoms with Gasteiger partial charge in [-0.25, -0.2) is 4.98 Å². The van der Waals surface area contributed by atoms with E-state index >= 15 is 0 Å². The van der Waals surface area contributed by atoms with Gasteiger partial charge in [-0.3, -0.25) is 9.89 Å². The van der Waals surface area contributed by atoms with Gasteiger partial charge >= 0.3 is 0 Å². The largest absolute Gasteiger partial charge is 0.332 e. The number of hydrogen-bond acceptors (Lipinski definition) is 4. The summed E-state index contributed by atoms with van der Waals surface area (Å²) in [6, 6.07) is 16.5. The highest BCUT2D eigenvalue weighted by Gasteiger charge is 2.39. The normalized spacial score (nSPS) is 21.3.